The maximum absolute atomic E-state index is 5.06. The van der Waals surface area contributed by atoms with Gasteiger partial charge in [0.05, 0.1) is 11.4 Å². The van der Waals surface area contributed by atoms with Gasteiger partial charge in [-0.2, -0.15) is 0 Å². The van der Waals surface area contributed by atoms with Crippen molar-refractivity contribution in [1.29, 1.82) is 0 Å². The van der Waals surface area contributed by atoms with E-state index in [-0.39, 0.29) is 0 Å². The largest absolute Gasteiger partial charge is 0.228 e. The smallest absolute Gasteiger partial charge is 0.160 e. The second-order valence-electron chi connectivity index (χ2n) is 12.8. The van der Waals surface area contributed by atoms with Gasteiger partial charge in [0.1, 0.15) is 0 Å². The zero-order chi connectivity index (χ0) is 34.1. The molecule has 2 nitrogen and oxygen atoms in total. The Labute approximate surface area is 305 Å². The molecule has 8 aromatic carbocycles. The van der Waals surface area contributed by atoms with Crippen molar-refractivity contribution in [2.24, 2.45) is 0 Å². The van der Waals surface area contributed by atoms with Gasteiger partial charge in [0.2, 0.25) is 0 Å². The Bertz CT molecular complexity index is 2670. The molecule has 0 fully saturated rings. The molecule has 0 saturated heterocycles. The second-order valence-corrected chi connectivity index (χ2v) is 13.7. The van der Waals surface area contributed by atoms with Crippen molar-refractivity contribution in [2.45, 2.75) is 0 Å². The Hall–Kier alpha value is -6.16. The predicted octanol–water partition coefficient (Wildman–Crippen LogP) is 13.5. The summed E-state index contributed by atoms with van der Waals surface area (Å²) in [5, 5.41) is 4.94. The fourth-order valence-corrected chi connectivity index (χ4v) is 7.32. The highest BCUT2D eigenvalue weighted by atomic mass is 79.9. The van der Waals surface area contributed by atoms with E-state index in [9.17, 15) is 0 Å². The lowest BCUT2D eigenvalue weighted by Crippen LogP contribution is -1.96. The number of aromatic nitrogens is 2. The van der Waals surface area contributed by atoms with E-state index in [4.69, 9.17) is 9.97 Å². The van der Waals surface area contributed by atoms with Gasteiger partial charge in [-0.25, -0.2) is 9.97 Å². The first-order valence-electron chi connectivity index (χ1n) is 17.1. The van der Waals surface area contributed by atoms with Crippen molar-refractivity contribution in [3.63, 3.8) is 0 Å². The minimum absolute atomic E-state index is 0.712. The standard InChI is InChI=1S/C48H31BrN2/c49-41-26-28-43-40(30-41)14-8-16-45(43)44-15-7-13-39-29-38(25-27-42(39)44)34-19-23-36(24-20-34)47-31-46(50-48(51-47)37-11-5-2-6-12-37)35-21-17-33(18-22-35)32-9-3-1-4-10-32/h1-31H. The first-order valence-corrected chi connectivity index (χ1v) is 17.9. The number of halogens is 1. The highest BCUT2D eigenvalue weighted by Crippen LogP contribution is 2.37. The normalized spacial score (nSPS) is 11.2. The lowest BCUT2D eigenvalue weighted by molar-refractivity contribution is 1.18. The van der Waals surface area contributed by atoms with Crippen molar-refractivity contribution in [2.75, 3.05) is 0 Å². The fraction of sp³-hybridized carbons (Fsp3) is 0. The van der Waals surface area contributed by atoms with Gasteiger partial charge in [0.25, 0.3) is 0 Å². The second kappa shape index (κ2) is 13.3. The summed E-state index contributed by atoms with van der Waals surface area (Å²) in [4.78, 5) is 10.1. The van der Waals surface area contributed by atoms with E-state index in [0.29, 0.717) is 5.82 Å². The number of rotatable bonds is 6. The number of fused-ring (bicyclic) bond motifs is 2. The molecule has 0 saturated carbocycles. The third-order valence-electron chi connectivity index (χ3n) is 9.57. The summed E-state index contributed by atoms with van der Waals surface area (Å²) in [6, 6.07) is 66.5. The number of hydrogen-bond acceptors (Lipinski definition) is 2. The summed E-state index contributed by atoms with van der Waals surface area (Å²) in [5.41, 5.74) is 12.1. The molecule has 0 aliphatic carbocycles. The molecular formula is C48H31BrN2. The molecule has 0 aliphatic rings. The van der Waals surface area contributed by atoms with Crippen LogP contribution in [0.15, 0.2) is 193 Å². The van der Waals surface area contributed by atoms with E-state index >= 15 is 0 Å². The van der Waals surface area contributed by atoms with Crippen LogP contribution in [-0.2, 0) is 0 Å². The number of nitrogens with zero attached hydrogens (tertiary/aromatic N) is 2. The van der Waals surface area contributed by atoms with Crippen LogP contribution >= 0.6 is 15.9 Å². The molecule has 0 unspecified atom stereocenters. The molecule has 9 aromatic rings. The van der Waals surface area contributed by atoms with E-state index in [1.807, 2.05) is 24.3 Å². The van der Waals surface area contributed by atoms with Crippen LogP contribution in [0.4, 0.5) is 0 Å². The molecule has 0 N–H and O–H groups in total. The first-order chi connectivity index (χ1) is 25.2. The molecular weight excluding hydrogens is 684 g/mol. The van der Waals surface area contributed by atoms with Gasteiger partial charge in [0.15, 0.2) is 5.82 Å². The minimum atomic E-state index is 0.712. The van der Waals surface area contributed by atoms with Crippen molar-refractivity contribution in [3.05, 3.63) is 193 Å². The lowest BCUT2D eigenvalue weighted by atomic mass is 9.92. The van der Waals surface area contributed by atoms with Gasteiger partial charge in [-0.3, -0.25) is 0 Å². The van der Waals surface area contributed by atoms with E-state index in [1.165, 1.54) is 49.4 Å². The molecule has 0 bridgehead atoms. The molecule has 1 aromatic heterocycles. The average Bonchev–Trinajstić information content (AvgIpc) is 3.20. The molecule has 51 heavy (non-hydrogen) atoms. The van der Waals surface area contributed by atoms with Crippen molar-refractivity contribution >= 4 is 37.5 Å². The Balaban J connectivity index is 1.06. The molecule has 0 atom stereocenters. The maximum Gasteiger partial charge on any atom is 0.160 e. The van der Waals surface area contributed by atoms with Crippen molar-refractivity contribution < 1.29 is 0 Å². The number of benzene rings is 8. The third-order valence-corrected chi connectivity index (χ3v) is 10.1. The van der Waals surface area contributed by atoms with E-state index in [2.05, 4.69) is 180 Å². The summed E-state index contributed by atoms with van der Waals surface area (Å²) in [6.07, 6.45) is 0. The highest BCUT2D eigenvalue weighted by molar-refractivity contribution is 9.10. The molecule has 240 valence electrons. The van der Waals surface area contributed by atoms with Gasteiger partial charge in [-0.1, -0.05) is 180 Å². The Morgan fingerprint density at radius 1 is 0.314 bits per heavy atom. The Morgan fingerprint density at radius 2 is 0.765 bits per heavy atom. The van der Waals surface area contributed by atoms with Crippen LogP contribution in [0.5, 0.6) is 0 Å². The van der Waals surface area contributed by atoms with Crippen molar-refractivity contribution in [1.82, 2.24) is 9.97 Å². The van der Waals surface area contributed by atoms with Crippen LogP contribution in [0, 0.1) is 0 Å². The van der Waals surface area contributed by atoms with Gasteiger partial charge in [-0.15, -0.1) is 0 Å². The van der Waals surface area contributed by atoms with Gasteiger partial charge in [-0.05, 0) is 79.2 Å². The number of hydrogen-bond donors (Lipinski definition) is 0. The van der Waals surface area contributed by atoms with Crippen LogP contribution < -0.4 is 0 Å². The van der Waals surface area contributed by atoms with Gasteiger partial charge in [0, 0.05) is 21.2 Å². The topological polar surface area (TPSA) is 25.8 Å². The Kier molecular flexibility index (Phi) is 8.04. The van der Waals surface area contributed by atoms with E-state index in [0.717, 1.165) is 38.1 Å². The van der Waals surface area contributed by atoms with Gasteiger partial charge < -0.3 is 0 Å². The molecule has 0 aliphatic heterocycles. The van der Waals surface area contributed by atoms with Crippen LogP contribution in [0.1, 0.15) is 0 Å². The zero-order valence-corrected chi connectivity index (χ0v) is 29.3. The fourth-order valence-electron chi connectivity index (χ4n) is 6.94. The first kappa shape index (κ1) is 30.9. The monoisotopic (exact) mass is 714 g/mol. The highest BCUT2D eigenvalue weighted by Gasteiger charge is 2.13. The van der Waals surface area contributed by atoms with E-state index in [1.54, 1.807) is 0 Å². The van der Waals surface area contributed by atoms with Crippen LogP contribution in [0.25, 0.3) is 88.8 Å². The van der Waals surface area contributed by atoms with Crippen molar-refractivity contribution in [3.8, 4) is 67.3 Å². The molecule has 0 radical (unpaired) electrons. The van der Waals surface area contributed by atoms with Gasteiger partial charge >= 0.3 is 0 Å². The predicted molar refractivity (Wildman–Crippen MR) is 217 cm³/mol. The molecule has 3 heteroatoms. The molecule has 1 heterocycles. The minimum Gasteiger partial charge on any atom is -0.228 e. The quantitative estimate of drug-likeness (QED) is 0.171. The molecule has 9 rings (SSSR count). The summed E-state index contributed by atoms with van der Waals surface area (Å²) >= 11 is 3.63. The summed E-state index contributed by atoms with van der Waals surface area (Å²) in [6.45, 7) is 0. The maximum atomic E-state index is 5.06. The Morgan fingerprint density at radius 3 is 1.35 bits per heavy atom. The summed E-state index contributed by atoms with van der Waals surface area (Å²) in [5.74, 6) is 0.712. The average molecular weight is 716 g/mol. The SMILES string of the molecule is Brc1ccc2c(-c3cccc4cc(-c5ccc(-c6cc(-c7ccc(-c8ccccc8)cc7)nc(-c7ccccc7)n6)cc5)ccc34)cccc2c1. The van der Waals surface area contributed by atoms with Crippen LogP contribution in [0.2, 0.25) is 0 Å². The summed E-state index contributed by atoms with van der Waals surface area (Å²) < 4.78 is 1.09. The third kappa shape index (κ3) is 6.14. The molecule has 0 amide bonds. The summed E-state index contributed by atoms with van der Waals surface area (Å²) in [7, 11) is 0. The van der Waals surface area contributed by atoms with Crippen LogP contribution in [0.3, 0.4) is 0 Å². The zero-order valence-electron chi connectivity index (χ0n) is 27.7. The molecule has 0 spiro atoms. The van der Waals surface area contributed by atoms with Crippen LogP contribution in [-0.4, -0.2) is 9.97 Å². The lowest BCUT2D eigenvalue weighted by Gasteiger charge is -2.12. The van der Waals surface area contributed by atoms with E-state index < -0.39 is 0 Å².